The van der Waals surface area contributed by atoms with E-state index in [0.717, 1.165) is 5.16 Å². The lowest BCUT2D eigenvalue weighted by molar-refractivity contribution is 0.686. The molecule has 0 unspecified atom stereocenters. The fraction of sp³-hybridized carbons (Fsp3) is 0.400. The second kappa shape index (κ2) is 3.38. The number of thioether (sulfide) groups is 1. The molecule has 60 valence electrons. The summed E-state index contributed by atoms with van der Waals surface area (Å²) in [6.45, 7) is 0. The van der Waals surface area contributed by atoms with Crippen LogP contribution in [0.5, 0.6) is 0 Å². The molecule has 0 aliphatic rings. The Morgan fingerprint density at radius 2 is 2.64 bits per heavy atom. The molecule has 0 spiro atoms. The van der Waals surface area contributed by atoms with Gasteiger partial charge in [0.2, 0.25) is 0 Å². The van der Waals surface area contributed by atoms with E-state index in [0.29, 0.717) is 5.75 Å². The molecule has 11 heavy (non-hydrogen) atoms. The summed E-state index contributed by atoms with van der Waals surface area (Å²) in [6.07, 6.45) is 1.47. The molecular weight excluding hydrogens is 162 g/mol. The smallest absolute Gasteiger partial charge is 0.186 e. The summed E-state index contributed by atoms with van der Waals surface area (Å²) in [5, 5.41) is 11.6. The van der Waals surface area contributed by atoms with Gasteiger partial charge in [0.25, 0.3) is 0 Å². The molecule has 0 aromatic carbocycles. The molecule has 1 rings (SSSR count). The molecule has 0 atom stereocenters. The average molecular weight is 171 g/mol. The van der Waals surface area contributed by atoms with E-state index in [1.807, 2.05) is 0 Å². The molecule has 5 nitrogen and oxygen atoms in total. The predicted octanol–water partition coefficient (Wildman–Crippen LogP) is -0.157. The summed E-state index contributed by atoms with van der Waals surface area (Å²) in [5.74, 6) is 0.616. The van der Waals surface area contributed by atoms with Crippen LogP contribution in [0.1, 0.15) is 0 Å². The zero-order valence-electron chi connectivity index (χ0n) is 6.11. The van der Waals surface area contributed by atoms with E-state index in [1.165, 1.54) is 18.1 Å². The minimum atomic E-state index is 0.151. The third-order valence-electron chi connectivity index (χ3n) is 1.03. The second-order valence-corrected chi connectivity index (χ2v) is 2.92. The SMILES string of the molecule is Cn1ncnc1SCC(=N)N. The lowest BCUT2D eigenvalue weighted by atomic mass is 10.7. The molecule has 1 aromatic rings. The summed E-state index contributed by atoms with van der Waals surface area (Å²) < 4.78 is 1.65. The van der Waals surface area contributed by atoms with Crippen LogP contribution >= 0.6 is 11.8 Å². The number of aryl methyl sites for hydroxylation is 1. The minimum Gasteiger partial charge on any atom is -0.387 e. The van der Waals surface area contributed by atoms with Crippen molar-refractivity contribution in [2.45, 2.75) is 5.16 Å². The molecular formula is C5H9N5S. The fourth-order valence-electron chi connectivity index (χ4n) is 0.559. The van der Waals surface area contributed by atoms with Crippen molar-refractivity contribution in [1.29, 1.82) is 5.41 Å². The highest BCUT2D eigenvalue weighted by molar-refractivity contribution is 7.99. The molecule has 0 amide bonds. The molecule has 0 radical (unpaired) electrons. The first-order valence-electron chi connectivity index (χ1n) is 3.00. The molecule has 6 heteroatoms. The summed E-state index contributed by atoms with van der Waals surface area (Å²) >= 11 is 1.40. The maximum absolute atomic E-state index is 6.97. The topological polar surface area (TPSA) is 80.6 Å². The van der Waals surface area contributed by atoms with Gasteiger partial charge in [-0.25, -0.2) is 9.67 Å². The normalized spacial score (nSPS) is 9.91. The monoisotopic (exact) mass is 171 g/mol. The number of hydrogen-bond acceptors (Lipinski definition) is 4. The summed E-state index contributed by atoms with van der Waals surface area (Å²) in [4.78, 5) is 3.95. The highest BCUT2D eigenvalue weighted by Gasteiger charge is 2.00. The standard InChI is InChI=1S/C5H9N5S/c1-10-5(8-3-9-10)11-2-4(6)7/h3H,2H2,1H3,(H3,6,7). The Balaban J connectivity index is 2.51. The number of nitrogens with zero attached hydrogens (tertiary/aromatic N) is 3. The number of nitrogens with one attached hydrogen (secondary N) is 1. The van der Waals surface area contributed by atoms with Crippen LogP contribution in [-0.2, 0) is 7.05 Å². The van der Waals surface area contributed by atoms with Crippen molar-refractivity contribution in [2.75, 3.05) is 5.75 Å². The number of amidine groups is 1. The van der Waals surface area contributed by atoms with Gasteiger partial charge >= 0.3 is 0 Å². The van der Waals surface area contributed by atoms with E-state index in [-0.39, 0.29) is 5.84 Å². The number of aromatic nitrogens is 3. The van der Waals surface area contributed by atoms with Gasteiger partial charge in [-0.05, 0) is 0 Å². The highest BCUT2D eigenvalue weighted by Crippen LogP contribution is 2.11. The van der Waals surface area contributed by atoms with E-state index >= 15 is 0 Å². The molecule has 0 saturated carbocycles. The summed E-state index contributed by atoms with van der Waals surface area (Å²) in [6, 6.07) is 0. The van der Waals surface area contributed by atoms with Crippen molar-refractivity contribution in [3.63, 3.8) is 0 Å². The van der Waals surface area contributed by atoms with Crippen LogP contribution in [0.2, 0.25) is 0 Å². The van der Waals surface area contributed by atoms with E-state index in [9.17, 15) is 0 Å². The van der Waals surface area contributed by atoms with Gasteiger partial charge in [-0.2, -0.15) is 5.10 Å². The van der Waals surface area contributed by atoms with Crippen molar-refractivity contribution in [1.82, 2.24) is 14.8 Å². The zero-order chi connectivity index (χ0) is 8.27. The third kappa shape index (κ3) is 2.23. The van der Waals surface area contributed by atoms with Crippen LogP contribution in [0.4, 0.5) is 0 Å². The van der Waals surface area contributed by atoms with Gasteiger partial charge in [-0.15, -0.1) is 0 Å². The van der Waals surface area contributed by atoms with Gasteiger partial charge in [-0.1, -0.05) is 11.8 Å². The first-order chi connectivity index (χ1) is 5.20. The van der Waals surface area contributed by atoms with Crippen molar-refractivity contribution in [3.8, 4) is 0 Å². The second-order valence-electron chi connectivity index (χ2n) is 1.98. The summed E-state index contributed by atoms with van der Waals surface area (Å²) in [5.41, 5.74) is 5.16. The van der Waals surface area contributed by atoms with Crippen LogP contribution < -0.4 is 5.73 Å². The Morgan fingerprint density at radius 1 is 1.91 bits per heavy atom. The van der Waals surface area contributed by atoms with Gasteiger partial charge in [0, 0.05) is 7.05 Å². The van der Waals surface area contributed by atoms with Crippen LogP contribution in [-0.4, -0.2) is 26.4 Å². The van der Waals surface area contributed by atoms with Crippen molar-refractivity contribution in [2.24, 2.45) is 12.8 Å². The maximum Gasteiger partial charge on any atom is 0.186 e. The van der Waals surface area contributed by atoms with E-state index in [1.54, 1.807) is 11.7 Å². The Morgan fingerprint density at radius 3 is 3.09 bits per heavy atom. The number of rotatable bonds is 3. The maximum atomic E-state index is 6.97. The zero-order valence-corrected chi connectivity index (χ0v) is 6.93. The Hall–Kier alpha value is -1.04. The molecule has 0 bridgehead atoms. The van der Waals surface area contributed by atoms with E-state index < -0.39 is 0 Å². The van der Waals surface area contributed by atoms with Gasteiger partial charge in [0.15, 0.2) is 5.16 Å². The van der Waals surface area contributed by atoms with E-state index in [4.69, 9.17) is 11.1 Å². The third-order valence-corrected chi connectivity index (χ3v) is 2.11. The number of nitrogens with two attached hydrogens (primary N) is 1. The van der Waals surface area contributed by atoms with Gasteiger partial charge in [-0.3, -0.25) is 5.41 Å². The Bertz CT molecular complexity index is 255. The lowest BCUT2D eigenvalue weighted by Crippen LogP contribution is -2.12. The highest BCUT2D eigenvalue weighted by atomic mass is 32.2. The molecule has 1 aromatic heterocycles. The van der Waals surface area contributed by atoms with Crippen LogP contribution in [0.3, 0.4) is 0 Å². The predicted molar refractivity (Wildman–Crippen MR) is 43.6 cm³/mol. The first kappa shape index (κ1) is 8.06. The Kier molecular flexibility index (Phi) is 2.48. The largest absolute Gasteiger partial charge is 0.387 e. The molecule has 1 heterocycles. The van der Waals surface area contributed by atoms with E-state index in [2.05, 4.69) is 10.1 Å². The number of hydrogen-bond donors (Lipinski definition) is 2. The fourth-order valence-corrected chi connectivity index (χ4v) is 1.20. The first-order valence-corrected chi connectivity index (χ1v) is 3.98. The molecule has 0 fully saturated rings. The minimum absolute atomic E-state index is 0.151. The lowest BCUT2D eigenvalue weighted by Gasteiger charge is -1.96. The molecule has 0 aliphatic heterocycles. The average Bonchev–Trinajstić information content (AvgIpc) is 2.31. The van der Waals surface area contributed by atoms with Crippen LogP contribution in [0.25, 0.3) is 0 Å². The van der Waals surface area contributed by atoms with Crippen molar-refractivity contribution >= 4 is 17.6 Å². The van der Waals surface area contributed by atoms with Gasteiger partial charge < -0.3 is 5.73 Å². The van der Waals surface area contributed by atoms with Crippen molar-refractivity contribution < 1.29 is 0 Å². The molecule has 0 aliphatic carbocycles. The van der Waals surface area contributed by atoms with Crippen molar-refractivity contribution in [3.05, 3.63) is 6.33 Å². The van der Waals surface area contributed by atoms with Crippen LogP contribution in [0, 0.1) is 5.41 Å². The molecule has 0 saturated heterocycles. The van der Waals surface area contributed by atoms with Gasteiger partial charge in [0.05, 0.1) is 5.75 Å². The van der Waals surface area contributed by atoms with Gasteiger partial charge in [0.1, 0.15) is 12.2 Å². The Labute approximate surface area is 68.5 Å². The van der Waals surface area contributed by atoms with Crippen LogP contribution in [0.15, 0.2) is 11.5 Å². The molecule has 3 N–H and O–H groups in total. The summed E-state index contributed by atoms with van der Waals surface area (Å²) in [7, 11) is 1.80. The quantitative estimate of drug-likeness (QED) is 0.376.